The Bertz CT molecular complexity index is 698. The SMILES string of the molecule is COC(=O)c1ccc(Sc2ccc(N)cc2)c(CC(=O)O)c1. The van der Waals surface area contributed by atoms with Crippen LogP contribution >= 0.6 is 11.8 Å². The summed E-state index contributed by atoms with van der Waals surface area (Å²) in [6, 6.07) is 12.2. The van der Waals surface area contributed by atoms with E-state index in [0.717, 1.165) is 9.79 Å². The standard InChI is InChI=1S/C16H15NO4S/c1-21-16(20)10-2-7-14(11(8-10)9-15(18)19)22-13-5-3-12(17)4-6-13/h2-8H,9,17H2,1H3,(H,18,19). The van der Waals surface area contributed by atoms with E-state index in [2.05, 4.69) is 4.74 Å². The highest BCUT2D eigenvalue weighted by Crippen LogP contribution is 2.32. The average molecular weight is 317 g/mol. The van der Waals surface area contributed by atoms with Gasteiger partial charge in [-0.2, -0.15) is 0 Å². The zero-order chi connectivity index (χ0) is 16.1. The molecule has 22 heavy (non-hydrogen) atoms. The Morgan fingerprint density at radius 1 is 1.18 bits per heavy atom. The van der Waals surface area contributed by atoms with Gasteiger partial charge in [0.1, 0.15) is 0 Å². The molecule has 0 saturated heterocycles. The van der Waals surface area contributed by atoms with Gasteiger partial charge in [-0.1, -0.05) is 11.8 Å². The highest BCUT2D eigenvalue weighted by atomic mass is 32.2. The van der Waals surface area contributed by atoms with Gasteiger partial charge in [-0.15, -0.1) is 0 Å². The van der Waals surface area contributed by atoms with Gasteiger partial charge in [0.2, 0.25) is 0 Å². The molecule has 0 aromatic heterocycles. The minimum absolute atomic E-state index is 0.165. The van der Waals surface area contributed by atoms with E-state index in [4.69, 9.17) is 10.8 Å². The molecule has 2 rings (SSSR count). The Balaban J connectivity index is 2.34. The van der Waals surface area contributed by atoms with Gasteiger partial charge in [0.25, 0.3) is 0 Å². The van der Waals surface area contributed by atoms with Crippen LogP contribution in [0.15, 0.2) is 52.3 Å². The van der Waals surface area contributed by atoms with Gasteiger partial charge >= 0.3 is 11.9 Å². The summed E-state index contributed by atoms with van der Waals surface area (Å²) < 4.78 is 4.66. The minimum atomic E-state index is -0.957. The van der Waals surface area contributed by atoms with Crippen LogP contribution in [0.5, 0.6) is 0 Å². The Morgan fingerprint density at radius 3 is 2.45 bits per heavy atom. The van der Waals surface area contributed by atoms with Crippen molar-refractivity contribution < 1.29 is 19.4 Å². The van der Waals surface area contributed by atoms with E-state index in [1.54, 1.807) is 30.3 Å². The Kier molecular flexibility index (Phi) is 5.06. The number of ether oxygens (including phenoxy) is 1. The zero-order valence-electron chi connectivity index (χ0n) is 11.9. The number of hydrogen-bond acceptors (Lipinski definition) is 5. The number of carbonyl (C=O) groups is 2. The first-order valence-electron chi connectivity index (χ1n) is 6.46. The number of methoxy groups -OCH3 is 1. The molecule has 0 bridgehead atoms. The molecule has 114 valence electrons. The van der Waals surface area contributed by atoms with Crippen molar-refractivity contribution in [2.45, 2.75) is 16.2 Å². The molecule has 0 unspecified atom stereocenters. The summed E-state index contributed by atoms with van der Waals surface area (Å²) in [5.41, 5.74) is 7.21. The molecule has 0 amide bonds. The second kappa shape index (κ2) is 7.00. The number of rotatable bonds is 5. The lowest BCUT2D eigenvalue weighted by Crippen LogP contribution is -2.06. The molecule has 2 aromatic carbocycles. The van der Waals surface area contributed by atoms with Crippen LogP contribution in [0.2, 0.25) is 0 Å². The van der Waals surface area contributed by atoms with Crippen molar-refractivity contribution in [3.8, 4) is 0 Å². The number of esters is 1. The fourth-order valence-corrected chi connectivity index (χ4v) is 2.81. The lowest BCUT2D eigenvalue weighted by Gasteiger charge is -2.10. The van der Waals surface area contributed by atoms with Crippen LogP contribution in [-0.4, -0.2) is 24.2 Å². The summed E-state index contributed by atoms with van der Waals surface area (Å²) in [6.07, 6.45) is -0.165. The van der Waals surface area contributed by atoms with Crippen LogP contribution in [0.1, 0.15) is 15.9 Å². The number of carboxylic acid groups (broad SMARTS) is 1. The maximum Gasteiger partial charge on any atom is 0.337 e. The number of nitrogens with two attached hydrogens (primary N) is 1. The zero-order valence-corrected chi connectivity index (χ0v) is 12.7. The predicted octanol–water partition coefficient (Wildman–Crippen LogP) is 2.83. The van der Waals surface area contributed by atoms with Gasteiger partial charge in [0.05, 0.1) is 19.1 Å². The van der Waals surface area contributed by atoms with Crippen molar-refractivity contribution in [1.82, 2.24) is 0 Å². The van der Waals surface area contributed by atoms with Gasteiger partial charge < -0.3 is 15.6 Å². The van der Waals surface area contributed by atoms with Gasteiger partial charge in [0.15, 0.2) is 0 Å². The Hall–Kier alpha value is -2.47. The molecule has 6 heteroatoms. The summed E-state index contributed by atoms with van der Waals surface area (Å²) >= 11 is 1.42. The van der Waals surface area contributed by atoms with E-state index in [1.165, 1.54) is 18.9 Å². The fourth-order valence-electron chi connectivity index (χ4n) is 1.89. The summed E-state index contributed by atoms with van der Waals surface area (Å²) in [4.78, 5) is 24.3. The third-order valence-electron chi connectivity index (χ3n) is 2.93. The maximum absolute atomic E-state index is 11.6. The van der Waals surface area contributed by atoms with Crippen molar-refractivity contribution in [3.63, 3.8) is 0 Å². The molecule has 5 nitrogen and oxygen atoms in total. The molecule has 0 fully saturated rings. The number of aliphatic carboxylic acids is 1. The van der Waals surface area contributed by atoms with Crippen LogP contribution < -0.4 is 5.73 Å². The monoisotopic (exact) mass is 317 g/mol. The Labute approximate surface area is 132 Å². The molecule has 0 aliphatic heterocycles. The number of nitrogen functional groups attached to an aromatic ring is 1. The number of hydrogen-bond donors (Lipinski definition) is 2. The van der Waals surface area contributed by atoms with Crippen LogP contribution in [0.25, 0.3) is 0 Å². The molecule has 0 heterocycles. The van der Waals surface area contributed by atoms with Gasteiger partial charge in [0, 0.05) is 15.5 Å². The third kappa shape index (κ3) is 4.02. The topological polar surface area (TPSA) is 89.6 Å². The quantitative estimate of drug-likeness (QED) is 0.651. The molecule has 0 atom stereocenters. The van der Waals surface area contributed by atoms with Crippen molar-refractivity contribution in [2.75, 3.05) is 12.8 Å². The molecular formula is C16H15NO4S. The summed E-state index contributed by atoms with van der Waals surface area (Å²) in [5, 5.41) is 9.04. The number of carboxylic acids is 1. The second-order valence-corrected chi connectivity index (χ2v) is 5.67. The predicted molar refractivity (Wildman–Crippen MR) is 84.1 cm³/mol. The van der Waals surface area contributed by atoms with Gasteiger partial charge in [-0.05, 0) is 48.0 Å². The fraction of sp³-hybridized carbons (Fsp3) is 0.125. The van der Waals surface area contributed by atoms with E-state index in [1.807, 2.05) is 12.1 Å². The van der Waals surface area contributed by atoms with Crippen molar-refractivity contribution in [2.24, 2.45) is 0 Å². The summed E-state index contributed by atoms with van der Waals surface area (Å²) in [5.74, 6) is -1.45. The number of anilines is 1. The largest absolute Gasteiger partial charge is 0.481 e. The molecule has 2 aromatic rings. The molecule has 0 saturated carbocycles. The van der Waals surface area contributed by atoms with E-state index in [-0.39, 0.29) is 6.42 Å². The highest BCUT2D eigenvalue weighted by molar-refractivity contribution is 7.99. The minimum Gasteiger partial charge on any atom is -0.481 e. The normalized spacial score (nSPS) is 10.2. The van der Waals surface area contributed by atoms with Gasteiger partial charge in [-0.25, -0.2) is 4.79 Å². The van der Waals surface area contributed by atoms with E-state index < -0.39 is 11.9 Å². The molecule has 0 radical (unpaired) electrons. The summed E-state index contributed by atoms with van der Waals surface area (Å²) in [7, 11) is 1.29. The molecule has 0 spiro atoms. The van der Waals surface area contributed by atoms with E-state index >= 15 is 0 Å². The van der Waals surface area contributed by atoms with Crippen LogP contribution in [0, 0.1) is 0 Å². The number of carbonyl (C=O) groups excluding carboxylic acids is 1. The average Bonchev–Trinajstić information content (AvgIpc) is 2.50. The van der Waals surface area contributed by atoms with Gasteiger partial charge in [-0.3, -0.25) is 4.79 Å². The van der Waals surface area contributed by atoms with Crippen molar-refractivity contribution >= 4 is 29.4 Å². The first kappa shape index (κ1) is 15.9. The lowest BCUT2D eigenvalue weighted by molar-refractivity contribution is -0.136. The smallest absolute Gasteiger partial charge is 0.337 e. The van der Waals surface area contributed by atoms with E-state index in [0.29, 0.717) is 16.8 Å². The van der Waals surface area contributed by atoms with Crippen LogP contribution in [0.3, 0.4) is 0 Å². The van der Waals surface area contributed by atoms with Crippen molar-refractivity contribution in [3.05, 3.63) is 53.6 Å². The third-order valence-corrected chi connectivity index (χ3v) is 4.06. The second-order valence-electron chi connectivity index (χ2n) is 4.56. The molecular weight excluding hydrogens is 302 g/mol. The first-order chi connectivity index (χ1) is 10.5. The molecule has 0 aliphatic rings. The lowest BCUT2D eigenvalue weighted by atomic mass is 10.1. The van der Waals surface area contributed by atoms with Crippen LogP contribution in [-0.2, 0) is 16.0 Å². The Morgan fingerprint density at radius 2 is 1.86 bits per heavy atom. The maximum atomic E-state index is 11.6. The number of benzene rings is 2. The molecule has 3 N–H and O–H groups in total. The first-order valence-corrected chi connectivity index (χ1v) is 7.27. The molecule has 0 aliphatic carbocycles. The van der Waals surface area contributed by atoms with Crippen LogP contribution in [0.4, 0.5) is 5.69 Å². The summed E-state index contributed by atoms with van der Waals surface area (Å²) in [6.45, 7) is 0. The van der Waals surface area contributed by atoms with Crippen molar-refractivity contribution in [1.29, 1.82) is 0 Å². The highest BCUT2D eigenvalue weighted by Gasteiger charge is 2.13. The van der Waals surface area contributed by atoms with E-state index in [9.17, 15) is 9.59 Å².